The third-order valence-electron chi connectivity index (χ3n) is 1.78. The molecular weight excluding hydrogens is 206 g/mol. The molecule has 1 fully saturated rings. The van der Waals surface area contributed by atoms with E-state index in [1.165, 1.54) is 0 Å². The minimum absolute atomic E-state index is 0.00778. The number of nitrogens with zero attached hydrogens (tertiary/aromatic N) is 1. The molecule has 0 unspecified atom stereocenters. The molecule has 7 heteroatoms. The lowest BCUT2D eigenvalue weighted by Crippen LogP contribution is -2.37. The molecule has 1 saturated heterocycles. The SMILES string of the molecule is COC(=O)COC(=O)N1C(=O)CCC1=O. The summed E-state index contributed by atoms with van der Waals surface area (Å²) in [4.78, 5) is 44.2. The third kappa shape index (κ3) is 2.52. The Kier molecular flexibility index (Phi) is 3.37. The lowest BCUT2D eigenvalue weighted by molar-refractivity contribution is -0.146. The van der Waals surface area contributed by atoms with E-state index >= 15 is 0 Å². The molecule has 0 N–H and O–H groups in total. The number of ether oxygens (including phenoxy) is 2. The van der Waals surface area contributed by atoms with E-state index in [1.54, 1.807) is 0 Å². The summed E-state index contributed by atoms with van der Waals surface area (Å²) < 4.78 is 8.60. The van der Waals surface area contributed by atoms with Crippen LogP contribution in [0, 0.1) is 0 Å². The van der Waals surface area contributed by atoms with Crippen molar-refractivity contribution in [3.05, 3.63) is 0 Å². The van der Waals surface area contributed by atoms with E-state index in [1.807, 2.05) is 0 Å². The molecule has 0 saturated carbocycles. The van der Waals surface area contributed by atoms with Crippen LogP contribution in [0.1, 0.15) is 12.8 Å². The summed E-state index contributed by atoms with van der Waals surface area (Å²) >= 11 is 0. The van der Waals surface area contributed by atoms with Gasteiger partial charge in [-0.1, -0.05) is 0 Å². The van der Waals surface area contributed by atoms with Gasteiger partial charge in [-0.2, -0.15) is 4.90 Å². The quantitative estimate of drug-likeness (QED) is 0.453. The number of hydrogen-bond donors (Lipinski definition) is 0. The van der Waals surface area contributed by atoms with Crippen molar-refractivity contribution in [2.24, 2.45) is 0 Å². The fourth-order valence-corrected chi connectivity index (χ4v) is 1.02. The first-order valence-corrected chi connectivity index (χ1v) is 4.15. The first kappa shape index (κ1) is 11.2. The van der Waals surface area contributed by atoms with Gasteiger partial charge in [0.05, 0.1) is 7.11 Å². The summed E-state index contributed by atoms with van der Waals surface area (Å²) in [5.41, 5.74) is 0. The molecule has 0 radical (unpaired) electrons. The van der Waals surface area contributed by atoms with Gasteiger partial charge in [0.2, 0.25) is 11.8 Å². The highest BCUT2D eigenvalue weighted by molar-refractivity contribution is 6.13. The average molecular weight is 215 g/mol. The minimum Gasteiger partial charge on any atom is -0.466 e. The van der Waals surface area contributed by atoms with Crippen molar-refractivity contribution >= 4 is 23.9 Å². The standard InChI is InChI=1S/C8H9NO6/c1-14-7(12)4-15-8(13)9-5(10)2-3-6(9)11/h2-4H2,1H3. The van der Waals surface area contributed by atoms with Crippen molar-refractivity contribution in [1.29, 1.82) is 0 Å². The average Bonchev–Trinajstić information content (AvgIpc) is 2.54. The smallest absolute Gasteiger partial charge is 0.424 e. The minimum atomic E-state index is -1.13. The Bertz CT molecular complexity index is 307. The largest absolute Gasteiger partial charge is 0.466 e. The van der Waals surface area contributed by atoms with Crippen LogP contribution in [-0.2, 0) is 23.9 Å². The fraction of sp³-hybridized carbons (Fsp3) is 0.500. The number of imide groups is 3. The van der Waals surface area contributed by atoms with E-state index in [0.717, 1.165) is 7.11 Å². The van der Waals surface area contributed by atoms with Gasteiger partial charge in [-0.25, -0.2) is 9.59 Å². The summed E-state index contributed by atoms with van der Waals surface area (Å²) in [5.74, 6) is -1.99. The van der Waals surface area contributed by atoms with Gasteiger partial charge >= 0.3 is 12.1 Å². The summed E-state index contributed by atoms with van der Waals surface area (Å²) in [5, 5.41) is 0. The zero-order valence-electron chi connectivity index (χ0n) is 8.02. The summed E-state index contributed by atoms with van der Waals surface area (Å²) in [7, 11) is 1.13. The van der Waals surface area contributed by atoms with Gasteiger partial charge in [-0.3, -0.25) is 9.59 Å². The van der Waals surface area contributed by atoms with Gasteiger partial charge in [-0.05, 0) is 0 Å². The van der Waals surface area contributed by atoms with Crippen molar-refractivity contribution in [1.82, 2.24) is 4.90 Å². The number of carbonyl (C=O) groups is 4. The Balaban J connectivity index is 2.50. The maximum atomic E-state index is 11.1. The molecule has 0 atom stereocenters. The van der Waals surface area contributed by atoms with Crippen LogP contribution in [0.15, 0.2) is 0 Å². The van der Waals surface area contributed by atoms with E-state index < -0.39 is 30.5 Å². The highest BCUT2D eigenvalue weighted by atomic mass is 16.6. The summed E-state index contributed by atoms with van der Waals surface area (Å²) in [6.07, 6.45) is -1.15. The van der Waals surface area contributed by atoms with Crippen molar-refractivity contribution in [3.8, 4) is 0 Å². The highest BCUT2D eigenvalue weighted by Crippen LogP contribution is 2.12. The Morgan fingerprint density at radius 3 is 2.27 bits per heavy atom. The van der Waals surface area contributed by atoms with Crippen molar-refractivity contribution in [2.75, 3.05) is 13.7 Å². The molecule has 0 aromatic heterocycles. The second kappa shape index (κ2) is 4.54. The van der Waals surface area contributed by atoms with Crippen LogP contribution < -0.4 is 0 Å². The zero-order chi connectivity index (χ0) is 11.4. The van der Waals surface area contributed by atoms with Crippen LogP contribution in [0.4, 0.5) is 4.79 Å². The molecule has 15 heavy (non-hydrogen) atoms. The number of likely N-dealkylation sites (tertiary alicyclic amines) is 1. The number of hydrogen-bond acceptors (Lipinski definition) is 6. The summed E-state index contributed by atoms with van der Waals surface area (Å²) in [6, 6.07) is 0. The molecule has 1 aliphatic heterocycles. The molecule has 7 nitrogen and oxygen atoms in total. The number of rotatable bonds is 2. The number of esters is 1. The predicted molar refractivity (Wildman–Crippen MR) is 44.5 cm³/mol. The van der Waals surface area contributed by atoms with Gasteiger partial charge in [-0.15, -0.1) is 0 Å². The molecular formula is C8H9NO6. The van der Waals surface area contributed by atoms with E-state index in [4.69, 9.17) is 0 Å². The molecule has 0 spiro atoms. The third-order valence-corrected chi connectivity index (χ3v) is 1.78. The molecule has 0 aliphatic carbocycles. The van der Waals surface area contributed by atoms with Crippen LogP contribution in [0.2, 0.25) is 0 Å². The Morgan fingerprint density at radius 2 is 1.80 bits per heavy atom. The first-order valence-electron chi connectivity index (χ1n) is 4.15. The molecule has 0 aromatic rings. The van der Waals surface area contributed by atoms with E-state index in [-0.39, 0.29) is 12.8 Å². The molecule has 82 valence electrons. The topological polar surface area (TPSA) is 90.0 Å². The Labute approximate surface area is 84.9 Å². The highest BCUT2D eigenvalue weighted by Gasteiger charge is 2.35. The summed E-state index contributed by atoms with van der Waals surface area (Å²) in [6.45, 7) is -0.619. The van der Waals surface area contributed by atoms with Gasteiger partial charge in [0.15, 0.2) is 6.61 Å². The first-order chi connectivity index (χ1) is 7.06. The lowest BCUT2D eigenvalue weighted by Gasteiger charge is -2.10. The Hall–Kier alpha value is -1.92. The van der Waals surface area contributed by atoms with Crippen LogP contribution in [-0.4, -0.2) is 42.5 Å². The molecule has 0 aromatic carbocycles. The normalized spacial score (nSPS) is 15.4. The molecule has 1 aliphatic rings. The molecule has 0 bridgehead atoms. The van der Waals surface area contributed by atoms with Crippen molar-refractivity contribution in [3.63, 3.8) is 0 Å². The maximum absolute atomic E-state index is 11.1. The number of carbonyl (C=O) groups excluding carboxylic acids is 4. The zero-order valence-corrected chi connectivity index (χ0v) is 8.02. The van der Waals surface area contributed by atoms with Gasteiger partial charge < -0.3 is 9.47 Å². The van der Waals surface area contributed by atoms with E-state index in [2.05, 4.69) is 9.47 Å². The maximum Gasteiger partial charge on any atom is 0.424 e. The second-order valence-electron chi connectivity index (χ2n) is 2.75. The number of amides is 3. The molecule has 3 amide bonds. The monoisotopic (exact) mass is 215 g/mol. The van der Waals surface area contributed by atoms with Crippen LogP contribution in [0.5, 0.6) is 0 Å². The molecule has 1 heterocycles. The lowest BCUT2D eigenvalue weighted by atomic mass is 10.4. The van der Waals surface area contributed by atoms with Crippen LogP contribution in [0.25, 0.3) is 0 Å². The molecule has 1 rings (SSSR count). The predicted octanol–water partition coefficient (Wildman–Crippen LogP) is -0.555. The van der Waals surface area contributed by atoms with Crippen LogP contribution >= 0.6 is 0 Å². The van der Waals surface area contributed by atoms with E-state index in [0.29, 0.717) is 4.90 Å². The van der Waals surface area contributed by atoms with Crippen LogP contribution in [0.3, 0.4) is 0 Å². The van der Waals surface area contributed by atoms with Gasteiger partial charge in [0, 0.05) is 12.8 Å². The fourth-order valence-electron chi connectivity index (χ4n) is 1.02. The van der Waals surface area contributed by atoms with Crippen molar-refractivity contribution in [2.45, 2.75) is 12.8 Å². The Morgan fingerprint density at radius 1 is 1.27 bits per heavy atom. The van der Waals surface area contributed by atoms with E-state index in [9.17, 15) is 19.2 Å². The number of methoxy groups -OCH3 is 1. The van der Waals surface area contributed by atoms with Gasteiger partial charge in [0.25, 0.3) is 0 Å². The van der Waals surface area contributed by atoms with Crippen molar-refractivity contribution < 1.29 is 28.7 Å². The second-order valence-corrected chi connectivity index (χ2v) is 2.75. The van der Waals surface area contributed by atoms with Gasteiger partial charge in [0.1, 0.15) is 0 Å².